The first-order chi connectivity index (χ1) is 19.6. The third-order valence-corrected chi connectivity index (χ3v) is 9.26. The number of rotatable bonds is 1. The number of hydrogen-bond acceptors (Lipinski definition) is 1. The molecular formula is C39H26O. The van der Waals surface area contributed by atoms with Crippen molar-refractivity contribution in [3.05, 3.63) is 132 Å². The van der Waals surface area contributed by atoms with E-state index in [9.17, 15) is 0 Å². The maximum atomic E-state index is 6.81. The van der Waals surface area contributed by atoms with Crippen molar-refractivity contribution >= 4 is 32.3 Å². The first-order valence-corrected chi connectivity index (χ1v) is 14.0. The Morgan fingerprint density at radius 2 is 1.10 bits per heavy atom. The quantitative estimate of drug-likeness (QED) is 0.200. The van der Waals surface area contributed by atoms with Crippen LogP contribution >= 0.6 is 0 Å². The summed E-state index contributed by atoms with van der Waals surface area (Å²) in [6.07, 6.45) is 0. The van der Waals surface area contributed by atoms with Crippen molar-refractivity contribution < 1.29 is 4.74 Å². The zero-order chi connectivity index (χ0) is 26.6. The summed E-state index contributed by atoms with van der Waals surface area (Å²) in [5.74, 6) is 1.88. The van der Waals surface area contributed by atoms with Gasteiger partial charge in [-0.2, -0.15) is 0 Å². The van der Waals surface area contributed by atoms with Crippen molar-refractivity contribution in [2.24, 2.45) is 0 Å². The molecule has 0 N–H and O–H groups in total. The van der Waals surface area contributed by atoms with Gasteiger partial charge in [-0.1, -0.05) is 123 Å². The highest BCUT2D eigenvalue weighted by Gasteiger charge is 2.35. The monoisotopic (exact) mass is 510 g/mol. The molecular weight excluding hydrogens is 484 g/mol. The van der Waals surface area contributed by atoms with Crippen LogP contribution in [0.5, 0.6) is 11.5 Å². The molecule has 7 aromatic rings. The van der Waals surface area contributed by atoms with Gasteiger partial charge in [0.05, 0.1) is 0 Å². The van der Waals surface area contributed by atoms with Gasteiger partial charge < -0.3 is 4.74 Å². The predicted molar refractivity (Wildman–Crippen MR) is 167 cm³/mol. The van der Waals surface area contributed by atoms with Crippen molar-refractivity contribution in [3.8, 4) is 44.9 Å². The first kappa shape index (κ1) is 22.0. The van der Waals surface area contributed by atoms with E-state index in [2.05, 4.69) is 135 Å². The van der Waals surface area contributed by atoms with Gasteiger partial charge >= 0.3 is 0 Å². The molecule has 0 aromatic heterocycles. The second-order valence-electron chi connectivity index (χ2n) is 11.7. The minimum atomic E-state index is -0.0314. The number of hydrogen-bond donors (Lipinski definition) is 0. The van der Waals surface area contributed by atoms with Crippen molar-refractivity contribution in [2.75, 3.05) is 0 Å². The molecule has 0 saturated carbocycles. The van der Waals surface area contributed by atoms with E-state index in [1.54, 1.807) is 0 Å². The topological polar surface area (TPSA) is 9.23 Å². The van der Waals surface area contributed by atoms with Gasteiger partial charge in [0.15, 0.2) is 0 Å². The summed E-state index contributed by atoms with van der Waals surface area (Å²) in [7, 11) is 0. The van der Waals surface area contributed by atoms with E-state index in [-0.39, 0.29) is 5.41 Å². The summed E-state index contributed by atoms with van der Waals surface area (Å²) in [5.41, 5.74) is 10.4. The minimum absolute atomic E-state index is 0.0314. The zero-order valence-electron chi connectivity index (χ0n) is 22.5. The van der Waals surface area contributed by atoms with E-state index < -0.39 is 0 Å². The summed E-state index contributed by atoms with van der Waals surface area (Å²) in [5, 5.41) is 7.30. The van der Waals surface area contributed by atoms with Gasteiger partial charge in [-0.25, -0.2) is 0 Å². The Balaban J connectivity index is 1.32. The number of fused-ring (bicyclic) bond motifs is 10. The van der Waals surface area contributed by atoms with Gasteiger partial charge in [-0.3, -0.25) is 0 Å². The van der Waals surface area contributed by atoms with Crippen LogP contribution in [-0.2, 0) is 5.41 Å². The molecule has 0 fully saturated rings. The molecule has 1 heteroatoms. The maximum absolute atomic E-state index is 6.81. The molecule has 1 nitrogen and oxygen atoms in total. The summed E-state index contributed by atoms with van der Waals surface area (Å²) < 4.78 is 6.81. The van der Waals surface area contributed by atoms with E-state index in [1.165, 1.54) is 71.4 Å². The highest BCUT2D eigenvalue weighted by molar-refractivity contribution is 6.22. The Bertz CT molecular complexity index is 2220. The second-order valence-corrected chi connectivity index (χ2v) is 11.7. The lowest BCUT2D eigenvalue weighted by molar-refractivity contribution is 0.493. The Labute approximate surface area is 233 Å². The van der Waals surface area contributed by atoms with Crippen LogP contribution in [0.1, 0.15) is 25.0 Å². The SMILES string of the molecule is CC1(C)c2ccccc2-c2ccc(-c3ccc4c5c(cccc35)-c3c(c5ccccc5c5ccccc35)O4)cc21. The van der Waals surface area contributed by atoms with Crippen LogP contribution in [0.4, 0.5) is 0 Å². The van der Waals surface area contributed by atoms with Crippen molar-refractivity contribution in [1.82, 2.24) is 0 Å². The summed E-state index contributed by atoms with van der Waals surface area (Å²) in [4.78, 5) is 0. The molecule has 1 aliphatic carbocycles. The number of ether oxygens (including phenoxy) is 1. The number of benzene rings is 7. The molecule has 0 bridgehead atoms. The molecule has 0 amide bonds. The third kappa shape index (κ3) is 2.72. The van der Waals surface area contributed by atoms with Crippen LogP contribution in [0.25, 0.3) is 65.7 Å². The van der Waals surface area contributed by atoms with Crippen LogP contribution < -0.4 is 4.74 Å². The predicted octanol–water partition coefficient (Wildman–Crippen LogP) is 10.9. The van der Waals surface area contributed by atoms with E-state index in [1.807, 2.05) is 0 Å². The Kier molecular flexibility index (Phi) is 4.18. The van der Waals surface area contributed by atoms with Crippen molar-refractivity contribution in [3.63, 3.8) is 0 Å². The molecule has 2 aliphatic rings. The third-order valence-electron chi connectivity index (χ3n) is 9.26. The van der Waals surface area contributed by atoms with Crippen LogP contribution in [0.3, 0.4) is 0 Å². The largest absolute Gasteiger partial charge is 0.455 e. The second kappa shape index (κ2) is 7.61. The highest BCUT2D eigenvalue weighted by Crippen LogP contribution is 2.55. The van der Waals surface area contributed by atoms with Crippen LogP contribution in [0.2, 0.25) is 0 Å². The van der Waals surface area contributed by atoms with Crippen molar-refractivity contribution in [1.29, 1.82) is 0 Å². The van der Waals surface area contributed by atoms with Gasteiger partial charge in [0.2, 0.25) is 0 Å². The van der Waals surface area contributed by atoms with E-state index in [0.29, 0.717) is 0 Å². The molecule has 188 valence electrons. The average Bonchev–Trinajstić information content (AvgIpc) is 3.23. The van der Waals surface area contributed by atoms with Crippen molar-refractivity contribution in [2.45, 2.75) is 19.3 Å². The van der Waals surface area contributed by atoms with E-state index >= 15 is 0 Å². The molecule has 0 atom stereocenters. The average molecular weight is 511 g/mol. The standard InChI is InChI=1S/C39H26O/c1-39(2)33-17-8-7-12-27(33)28-19-18-23(22-34(28)39)24-20-21-35-36-29(24)15-9-16-32(36)37-30-13-5-3-10-25(30)26-11-4-6-14-31(26)38(37)40-35/h3-22H,1-2H3. The molecule has 0 spiro atoms. The summed E-state index contributed by atoms with van der Waals surface area (Å²) >= 11 is 0. The smallest absolute Gasteiger partial charge is 0.143 e. The van der Waals surface area contributed by atoms with Gasteiger partial charge in [-0.05, 0) is 72.6 Å². The molecule has 1 heterocycles. The summed E-state index contributed by atoms with van der Waals surface area (Å²) in [6.45, 7) is 4.69. The molecule has 7 aromatic carbocycles. The van der Waals surface area contributed by atoms with Gasteiger partial charge in [0.25, 0.3) is 0 Å². The molecule has 1 aliphatic heterocycles. The summed E-state index contributed by atoms with van der Waals surface area (Å²) in [6, 6.07) is 44.3. The normalized spacial score (nSPS) is 14.2. The Morgan fingerprint density at radius 3 is 1.95 bits per heavy atom. The minimum Gasteiger partial charge on any atom is -0.455 e. The molecule has 0 saturated heterocycles. The molecule has 0 unspecified atom stereocenters. The molecule has 0 radical (unpaired) electrons. The lowest BCUT2D eigenvalue weighted by Crippen LogP contribution is -2.14. The fourth-order valence-electron chi connectivity index (χ4n) is 7.38. The fraction of sp³-hybridized carbons (Fsp3) is 0.0769. The molecule has 40 heavy (non-hydrogen) atoms. The Morgan fingerprint density at radius 1 is 0.475 bits per heavy atom. The van der Waals surface area contributed by atoms with E-state index in [0.717, 1.165) is 16.9 Å². The van der Waals surface area contributed by atoms with Gasteiger partial charge in [-0.15, -0.1) is 0 Å². The first-order valence-electron chi connectivity index (χ1n) is 14.0. The van der Waals surface area contributed by atoms with Crippen LogP contribution in [0, 0.1) is 0 Å². The van der Waals surface area contributed by atoms with Crippen LogP contribution in [0.15, 0.2) is 121 Å². The Hall–Kier alpha value is -4.88. The van der Waals surface area contributed by atoms with Gasteiger partial charge in [0, 0.05) is 21.8 Å². The lowest BCUT2D eigenvalue weighted by Gasteiger charge is -2.26. The zero-order valence-corrected chi connectivity index (χ0v) is 22.5. The molecule has 9 rings (SSSR count). The highest BCUT2D eigenvalue weighted by atomic mass is 16.5. The maximum Gasteiger partial charge on any atom is 0.143 e. The van der Waals surface area contributed by atoms with E-state index in [4.69, 9.17) is 4.74 Å². The van der Waals surface area contributed by atoms with Gasteiger partial charge in [0.1, 0.15) is 11.5 Å². The fourth-order valence-corrected chi connectivity index (χ4v) is 7.38. The lowest BCUT2D eigenvalue weighted by atomic mass is 9.81. The van der Waals surface area contributed by atoms with Crippen LogP contribution in [-0.4, -0.2) is 0 Å².